The summed E-state index contributed by atoms with van der Waals surface area (Å²) in [7, 11) is 0. The zero-order chi connectivity index (χ0) is 17.3. The average Bonchev–Trinajstić information content (AvgIpc) is 2.58. The number of hydrogen-bond acceptors (Lipinski definition) is 3. The lowest BCUT2D eigenvalue weighted by Crippen LogP contribution is -2.49. The highest BCUT2D eigenvalue weighted by Gasteiger charge is 2.40. The van der Waals surface area contributed by atoms with Crippen molar-refractivity contribution in [3.63, 3.8) is 0 Å². The van der Waals surface area contributed by atoms with Crippen LogP contribution < -0.4 is 5.32 Å². The van der Waals surface area contributed by atoms with Gasteiger partial charge in [-0.15, -0.1) is 0 Å². The van der Waals surface area contributed by atoms with Crippen molar-refractivity contribution in [2.45, 2.75) is 57.8 Å². The minimum atomic E-state index is -0.594. The van der Waals surface area contributed by atoms with Crippen molar-refractivity contribution in [2.24, 2.45) is 0 Å². The zero-order valence-corrected chi connectivity index (χ0v) is 15.0. The monoisotopic (exact) mass is 328 g/mol. The molecule has 1 unspecified atom stereocenters. The Kier molecular flexibility index (Phi) is 4.77. The minimum Gasteiger partial charge on any atom is -0.304 e. The first kappa shape index (κ1) is 17.2. The number of likely N-dealkylation sites (tertiary alicyclic amines) is 1. The van der Waals surface area contributed by atoms with Crippen molar-refractivity contribution in [2.75, 3.05) is 19.6 Å². The number of carbonyl (C=O) groups excluding carboxylic acids is 2. The Labute approximate surface area is 144 Å². The lowest BCUT2D eigenvalue weighted by atomic mass is 9.74. The first-order chi connectivity index (χ1) is 11.4. The van der Waals surface area contributed by atoms with Crippen LogP contribution in [0.15, 0.2) is 18.2 Å². The molecule has 1 aromatic carbocycles. The van der Waals surface area contributed by atoms with Crippen LogP contribution in [-0.4, -0.2) is 36.3 Å². The lowest BCUT2D eigenvalue weighted by molar-refractivity contribution is -0.137. The number of rotatable bonds is 3. The van der Waals surface area contributed by atoms with Crippen LogP contribution in [0.3, 0.4) is 0 Å². The van der Waals surface area contributed by atoms with Crippen LogP contribution in [0.25, 0.3) is 0 Å². The number of amides is 2. The number of aryl methyl sites for hydroxylation is 1. The number of piperidine rings is 2. The third kappa shape index (κ3) is 3.12. The second-order valence-electron chi connectivity index (χ2n) is 7.49. The van der Waals surface area contributed by atoms with Gasteiger partial charge in [-0.1, -0.05) is 25.1 Å². The van der Waals surface area contributed by atoms with Gasteiger partial charge in [-0.05, 0) is 75.4 Å². The minimum absolute atomic E-state index is 0.159. The largest absolute Gasteiger partial charge is 0.304 e. The van der Waals surface area contributed by atoms with Gasteiger partial charge in [0.15, 0.2) is 0 Å². The van der Waals surface area contributed by atoms with E-state index in [4.69, 9.17) is 0 Å². The van der Waals surface area contributed by atoms with Crippen molar-refractivity contribution in [3.05, 3.63) is 34.9 Å². The summed E-state index contributed by atoms with van der Waals surface area (Å²) in [6.45, 7) is 9.80. The van der Waals surface area contributed by atoms with Crippen LogP contribution in [0.2, 0.25) is 0 Å². The summed E-state index contributed by atoms with van der Waals surface area (Å²) in [5, 5.41) is 2.49. The Morgan fingerprint density at radius 2 is 1.96 bits per heavy atom. The van der Waals surface area contributed by atoms with Gasteiger partial charge in [0.1, 0.15) is 0 Å². The predicted molar refractivity (Wildman–Crippen MR) is 95.0 cm³/mol. The fourth-order valence-electron chi connectivity index (χ4n) is 4.12. The summed E-state index contributed by atoms with van der Waals surface area (Å²) >= 11 is 0. The summed E-state index contributed by atoms with van der Waals surface area (Å²) in [5.74, 6) is 0.298. The van der Waals surface area contributed by atoms with E-state index in [1.165, 1.54) is 37.1 Å². The molecule has 0 radical (unpaired) electrons. The molecule has 0 aromatic heterocycles. The van der Waals surface area contributed by atoms with Crippen molar-refractivity contribution in [1.29, 1.82) is 0 Å². The Hall–Kier alpha value is -1.68. The van der Waals surface area contributed by atoms with Crippen molar-refractivity contribution >= 4 is 11.8 Å². The SMILES string of the molecule is CCN1CCC(c2ccc(C3(C)CCC(=O)NC3=O)cc2C)CC1. The molecule has 1 aromatic rings. The maximum Gasteiger partial charge on any atom is 0.236 e. The summed E-state index contributed by atoms with van der Waals surface area (Å²) in [6, 6.07) is 6.48. The highest BCUT2D eigenvalue weighted by molar-refractivity contribution is 6.03. The second kappa shape index (κ2) is 6.67. The zero-order valence-electron chi connectivity index (χ0n) is 15.0. The van der Waals surface area contributed by atoms with Crippen molar-refractivity contribution < 1.29 is 9.59 Å². The van der Waals surface area contributed by atoms with Crippen LogP contribution in [0.5, 0.6) is 0 Å². The van der Waals surface area contributed by atoms with Gasteiger partial charge < -0.3 is 4.90 Å². The molecule has 2 amide bonds. The standard InChI is InChI=1S/C20H28N2O2/c1-4-22-11-8-15(9-12-22)17-6-5-16(13-14(17)2)20(3)10-7-18(23)21-19(20)24/h5-6,13,15H,4,7-12H2,1-3H3,(H,21,23,24). The first-order valence-electron chi connectivity index (χ1n) is 9.11. The fourth-order valence-corrected chi connectivity index (χ4v) is 4.12. The number of carbonyl (C=O) groups is 2. The summed E-state index contributed by atoms with van der Waals surface area (Å²) in [5.41, 5.74) is 3.13. The molecular formula is C20H28N2O2. The molecule has 0 bridgehead atoms. The molecule has 0 aliphatic carbocycles. The molecule has 1 atom stereocenters. The summed E-state index contributed by atoms with van der Waals surface area (Å²) in [4.78, 5) is 26.3. The molecule has 24 heavy (non-hydrogen) atoms. The Balaban J connectivity index is 1.80. The van der Waals surface area contributed by atoms with Crippen LogP contribution in [-0.2, 0) is 15.0 Å². The maximum atomic E-state index is 12.4. The molecule has 4 nitrogen and oxygen atoms in total. The predicted octanol–water partition coefficient (Wildman–Crippen LogP) is 2.89. The Morgan fingerprint density at radius 3 is 2.54 bits per heavy atom. The van der Waals surface area contributed by atoms with Crippen LogP contribution >= 0.6 is 0 Å². The second-order valence-corrected chi connectivity index (χ2v) is 7.49. The molecule has 3 rings (SSSR count). The van der Waals surface area contributed by atoms with E-state index in [1.807, 2.05) is 6.92 Å². The van der Waals surface area contributed by atoms with Gasteiger partial charge in [0, 0.05) is 6.42 Å². The molecule has 2 aliphatic rings. The molecule has 2 fully saturated rings. The smallest absolute Gasteiger partial charge is 0.236 e. The third-order valence-corrected chi connectivity index (χ3v) is 5.99. The van der Waals surface area contributed by atoms with Gasteiger partial charge in [-0.25, -0.2) is 0 Å². The van der Waals surface area contributed by atoms with Crippen molar-refractivity contribution in [3.8, 4) is 0 Å². The molecule has 130 valence electrons. The first-order valence-corrected chi connectivity index (χ1v) is 9.11. The van der Waals surface area contributed by atoms with Gasteiger partial charge >= 0.3 is 0 Å². The van der Waals surface area contributed by atoms with Crippen LogP contribution in [0.4, 0.5) is 0 Å². The van der Waals surface area contributed by atoms with Gasteiger partial charge in [0.05, 0.1) is 5.41 Å². The molecule has 0 saturated carbocycles. The number of hydrogen-bond donors (Lipinski definition) is 1. The van der Waals surface area contributed by atoms with E-state index in [2.05, 4.69) is 42.3 Å². The van der Waals surface area contributed by atoms with E-state index in [-0.39, 0.29) is 11.8 Å². The van der Waals surface area contributed by atoms with Crippen molar-refractivity contribution in [1.82, 2.24) is 10.2 Å². The van der Waals surface area contributed by atoms with E-state index in [0.29, 0.717) is 18.8 Å². The van der Waals surface area contributed by atoms with E-state index < -0.39 is 5.41 Å². The normalized spacial score (nSPS) is 26.5. The number of nitrogens with one attached hydrogen (secondary N) is 1. The highest BCUT2D eigenvalue weighted by atomic mass is 16.2. The Morgan fingerprint density at radius 1 is 1.25 bits per heavy atom. The van der Waals surface area contributed by atoms with Gasteiger partial charge in [-0.3, -0.25) is 14.9 Å². The molecule has 2 saturated heterocycles. The molecule has 2 heterocycles. The highest BCUT2D eigenvalue weighted by Crippen LogP contribution is 2.36. The third-order valence-electron chi connectivity index (χ3n) is 5.99. The van der Waals surface area contributed by atoms with E-state index in [1.54, 1.807) is 0 Å². The lowest BCUT2D eigenvalue weighted by Gasteiger charge is -2.34. The fraction of sp³-hybridized carbons (Fsp3) is 0.600. The molecule has 1 N–H and O–H groups in total. The molecule has 0 spiro atoms. The molecule has 4 heteroatoms. The summed E-state index contributed by atoms with van der Waals surface area (Å²) in [6.07, 6.45) is 3.42. The quantitative estimate of drug-likeness (QED) is 0.868. The van der Waals surface area contributed by atoms with E-state index in [9.17, 15) is 9.59 Å². The maximum absolute atomic E-state index is 12.4. The van der Waals surface area contributed by atoms with Gasteiger partial charge in [-0.2, -0.15) is 0 Å². The molecular weight excluding hydrogens is 300 g/mol. The molecule has 2 aliphatic heterocycles. The summed E-state index contributed by atoms with van der Waals surface area (Å²) < 4.78 is 0. The topological polar surface area (TPSA) is 49.4 Å². The van der Waals surface area contributed by atoms with Crippen LogP contribution in [0.1, 0.15) is 62.1 Å². The van der Waals surface area contributed by atoms with Gasteiger partial charge in [0.25, 0.3) is 0 Å². The van der Waals surface area contributed by atoms with E-state index >= 15 is 0 Å². The van der Waals surface area contributed by atoms with E-state index in [0.717, 1.165) is 12.1 Å². The number of nitrogens with zero attached hydrogens (tertiary/aromatic N) is 1. The van der Waals surface area contributed by atoms with Gasteiger partial charge in [0.2, 0.25) is 11.8 Å². The number of imide groups is 1. The number of benzene rings is 1. The average molecular weight is 328 g/mol. The van der Waals surface area contributed by atoms with Crippen LogP contribution in [0, 0.1) is 6.92 Å². The Bertz CT molecular complexity index is 647.